The number of para-hydroxylation sites is 1. The SMILES string of the molecule is CC1(C)CCC(C)(C)c2c(N(c3ccc4c(c3)-c3ccccc3C43C4CC5CC6CC3C64C5)c3ccc4oc5ccccc5c4c3)cccc21. The Hall–Kier alpha value is -4.30. The van der Waals surface area contributed by atoms with Gasteiger partial charge in [-0.2, -0.15) is 0 Å². The van der Waals surface area contributed by atoms with Crippen molar-refractivity contribution in [1.82, 2.24) is 0 Å². The number of anilines is 3. The largest absolute Gasteiger partial charge is 0.456 e. The van der Waals surface area contributed by atoms with Crippen LogP contribution in [-0.4, -0.2) is 0 Å². The van der Waals surface area contributed by atoms with Crippen LogP contribution < -0.4 is 4.90 Å². The van der Waals surface area contributed by atoms with Gasteiger partial charge < -0.3 is 9.32 Å². The third kappa shape index (κ3) is 3.12. The van der Waals surface area contributed by atoms with Gasteiger partial charge in [-0.25, -0.2) is 0 Å². The molecule has 6 aliphatic rings. The maximum atomic E-state index is 6.34. The zero-order valence-corrected chi connectivity index (χ0v) is 29.7. The molecule has 2 heteroatoms. The van der Waals surface area contributed by atoms with Crippen molar-refractivity contribution in [2.75, 3.05) is 4.90 Å². The number of rotatable bonds is 3. The van der Waals surface area contributed by atoms with Gasteiger partial charge in [-0.3, -0.25) is 0 Å². The van der Waals surface area contributed by atoms with Crippen LogP contribution in [0.4, 0.5) is 17.1 Å². The standard InChI is InChI=1S/C48H45NO/c1-45(2)20-21-46(3,4)44-38(45)13-9-14-39(44)49(31-17-19-41-35(26-31)33-11-6-8-15-40(33)50-41)30-16-18-37-34(25-30)32-10-5-7-12-36(32)48(37)42-23-28-22-29-24-43(48)47(29,42)27-28/h5-19,25-26,28-29,42-43H,20-24,27H2,1-4H3. The molecular formula is C48H45NO. The number of furan rings is 1. The number of fused-ring (bicyclic) bond motifs is 12. The predicted octanol–water partition coefficient (Wildman–Crippen LogP) is 12.7. The molecule has 1 heterocycles. The Bertz CT molecular complexity index is 2460. The highest BCUT2D eigenvalue weighted by atomic mass is 16.3. The quantitative estimate of drug-likeness (QED) is 0.189. The molecule has 5 aromatic carbocycles. The van der Waals surface area contributed by atoms with Gasteiger partial charge in [0.05, 0.1) is 5.69 Å². The van der Waals surface area contributed by atoms with Crippen molar-refractivity contribution in [2.45, 2.75) is 82.5 Å². The molecule has 6 aliphatic carbocycles. The van der Waals surface area contributed by atoms with Gasteiger partial charge in [0.2, 0.25) is 0 Å². The Morgan fingerprint density at radius 2 is 1.32 bits per heavy atom. The summed E-state index contributed by atoms with van der Waals surface area (Å²) in [6, 6.07) is 39.6. The Morgan fingerprint density at radius 1 is 0.600 bits per heavy atom. The maximum Gasteiger partial charge on any atom is 0.135 e. The van der Waals surface area contributed by atoms with Crippen molar-refractivity contribution in [3.05, 3.63) is 125 Å². The third-order valence-corrected chi connectivity index (χ3v) is 15.6. The molecule has 2 bridgehead atoms. The summed E-state index contributed by atoms with van der Waals surface area (Å²) in [6.45, 7) is 9.81. The van der Waals surface area contributed by atoms with E-state index < -0.39 is 0 Å². The lowest BCUT2D eigenvalue weighted by Crippen LogP contribution is -2.73. The number of benzene rings is 5. The number of hydrogen-bond donors (Lipinski definition) is 0. The first-order valence-corrected chi connectivity index (χ1v) is 19.3. The van der Waals surface area contributed by atoms with Crippen molar-refractivity contribution in [1.29, 1.82) is 0 Å². The first-order valence-electron chi connectivity index (χ1n) is 19.3. The van der Waals surface area contributed by atoms with Crippen LogP contribution in [-0.2, 0) is 16.2 Å². The topological polar surface area (TPSA) is 16.4 Å². The highest BCUT2D eigenvalue weighted by Gasteiger charge is 2.84. The minimum Gasteiger partial charge on any atom is -0.456 e. The van der Waals surface area contributed by atoms with Crippen molar-refractivity contribution in [3.8, 4) is 11.1 Å². The third-order valence-electron chi connectivity index (χ3n) is 15.6. The average molecular weight is 652 g/mol. The number of hydrogen-bond acceptors (Lipinski definition) is 2. The monoisotopic (exact) mass is 651 g/mol. The lowest BCUT2D eigenvalue weighted by Gasteiger charge is -2.76. The van der Waals surface area contributed by atoms with Crippen molar-refractivity contribution >= 4 is 39.0 Å². The van der Waals surface area contributed by atoms with Crippen LogP contribution in [0.1, 0.15) is 88.5 Å². The average Bonchev–Trinajstić information content (AvgIpc) is 3.84. The van der Waals surface area contributed by atoms with Crippen LogP contribution in [0.2, 0.25) is 0 Å². The van der Waals surface area contributed by atoms with Gasteiger partial charge in [0.1, 0.15) is 11.2 Å². The van der Waals surface area contributed by atoms with E-state index in [9.17, 15) is 0 Å². The molecule has 0 N–H and O–H groups in total. The molecule has 0 saturated heterocycles. The van der Waals surface area contributed by atoms with E-state index in [2.05, 4.69) is 136 Å². The summed E-state index contributed by atoms with van der Waals surface area (Å²) in [4.78, 5) is 2.59. The zero-order chi connectivity index (χ0) is 33.4. The molecule has 0 radical (unpaired) electrons. The van der Waals surface area contributed by atoms with Crippen LogP contribution in [0.15, 0.2) is 108 Å². The fraction of sp³-hybridized carbons (Fsp3) is 0.375. The Kier molecular flexibility index (Phi) is 5.08. The van der Waals surface area contributed by atoms with Gasteiger partial charge in [-0.15, -0.1) is 0 Å². The molecule has 6 aromatic rings. The molecule has 248 valence electrons. The molecule has 2 nitrogen and oxygen atoms in total. The van der Waals surface area contributed by atoms with Gasteiger partial charge in [0.25, 0.3) is 0 Å². The lowest BCUT2D eigenvalue weighted by molar-refractivity contribution is -0.231. The summed E-state index contributed by atoms with van der Waals surface area (Å²) in [5, 5.41) is 2.35. The summed E-state index contributed by atoms with van der Waals surface area (Å²) in [5.74, 6) is 3.61. The smallest absolute Gasteiger partial charge is 0.135 e. The van der Waals surface area contributed by atoms with E-state index in [1.807, 2.05) is 0 Å². The minimum absolute atomic E-state index is 0.0579. The van der Waals surface area contributed by atoms with E-state index >= 15 is 0 Å². The van der Waals surface area contributed by atoms with E-state index in [1.54, 1.807) is 11.1 Å². The Balaban J connectivity index is 1.10. The van der Waals surface area contributed by atoms with E-state index in [0.717, 1.165) is 34.8 Å². The second-order valence-corrected chi connectivity index (χ2v) is 18.4. The molecule has 2 spiro atoms. The van der Waals surface area contributed by atoms with Gasteiger partial charge in [0.15, 0.2) is 0 Å². The van der Waals surface area contributed by atoms with E-state index in [4.69, 9.17) is 4.42 Å². The van der Waals surface area contributed by atoms with Gasteiger partial charge in [-0.1, -0.05) is 88.4 Å². The van der Waals surface area contributed by atoms with E-state index in [-0.39, 0.29) is 16.2 Å². The fourth-order valence-electron chi connectivity index (χ4n) is 13.6. The first kappa shape index (κ1) is 28.4. The van der Waals surface area contributed by atoms with Crippen molar-refractivity contribution in [2.24, 2.45) is 29.1 Å². The Morgan fingerprint density at radius 3 is 2.22 bits per heavy atom. The molecule has 6 atom stereocenters. The molecule has 4 saturated carbocycles. The van der Waals surface area contributed by atoms with Crippen LogP contribution in [0.25, 0.3) is 33.1 Å². The van der Waals surface area contributed by atoms with Crippen LogP contribution >= 0.6 is 0 Å². The highest BCUT2D eigenvalue weighted by Crippen LogP contribution is 2.89. The van der Waals surface area contributed by atoms with Crippen LogP contribution in [0, 0.1) is 29.1 Å². The summed E-state index contributed by atoms with van der Waals surface area (Å²) in [5.41, 5.74) is 15.9. The fourth-order valence-corrected chi connectivity index (χ4v) is 13.6. The highest BCUT2D eigenvalue weighted by molar-refractivity contribution is 6.06. The summed E-state index contributed by atoms with van der Waals surface area (Å²) >= 11 is 0. The van der Waals surface area contributed by atoms with Gasteiger partial charge in [-0.05, 0) is 154 Å². The summed E-state index contributed by atoms with van der Waals surface area (Å²) in [7, 11) is 0. The van der Waals surface area contributed by atoms with Crippen LogP contribution in [0.5, 0.6) is 0 Å². The lowest BCUT2D eigenvalue weighted by atomic mass is 9.27. The van der Waals surface area contributed by atoms with Gasteiger partial charge in [0, 0.05) is 27.6 Å². The molecule has 0 amide bonds. The second kappa shape index (κ2) is 8.94. The molecular weight excluding hydrogens is 607 g/mol. The molecule has 0 aliphatic heterocycles. The number of nitrogens with zero attached hydrogens (tertiary/aromatic N) is 1. The molecule has 1 aromatic heterocycles. The van der Waals surface area contributed by atoms with Crippen molar-refractivity contribution < 1.29 is 4.42 Å². The molecule has 4 fully saturated rings. The minimum atomic E-state index is 0.0579. The normalized spacial score (nSPS) is 31.2. The second-order valence-electron chi connectivity index (χ2n) is 18.4. The van der Waals surface area contributed by atoms with Crippen molar-refractivity contribution in [3.63, 3.8) is 0 Å². The molecule has 6 unspecified atom stereocenters. The maximum absolute atomic E-state index is 6.34. The zero-order valence-electron chi connectivity index (χ0n) is 29.7. The molecule has 12 rings (SSSR count). The van der Waals surface area contributed by atoms with E-state index in [1.165, 1.54) is 88.6 Å². The van der Waals surface area contributed by atoms with E-state index in [0.29, 0.717) is 5.41 Å². The first-order chi connectivity index (χ1) is 24.2. The summed E-state index contributed by atoms with van der Waals surface area (Å²) < 4.78 is 6.34. The predicted molar refractivity (Wildman–Crippen MR) is 205 cm³/mol. The van der Waals surface area contributed by atoms with Crippen LogP contribution in [0.3, 0.4) is 0 Å². The van der Waals surface area contributed by atoms with Gasteiger partial charge >= 0.3 is 0 Å². The Labute approximate surface area is 295 Å². The summed E-state index contributed by atoms with van der Waals surface area (Å²) in [6.07, 6.45) is 8.27. The molecule has 50 heavy (non-hydrogen) atoms.